The number of nitrogens with one attached hydrogen (secondary N) is 2. The van der Waals surface area contributed by atoms with E-state index in [1.165, 1.54) is 6.07 Å². The van der Waals surface area contributed by atoms with E-state index >= 15 is 0 Å². The Morgan fingerprint density at radius 1 is 1.05 bits per heavy atom. The number of carbonyl (C=O) groups excluding carboxylic acids is 1. The van der Waals surface area contributed by atoms with Gasteiger partial charge in [-0.2, -0.15) is 8.78 Å². The molecule has 226 valence electrons. The predicted molar refractivity (Wildman–Crippen MR) is 156 cm³/mol. The molecule has 1 aliphatic carbocycles. The number of hydrogen-bond acceptors (Lipinski definition) is 7. The Bertz CT molecular complexity index is 1490. The van der Waals surface area contributed by atoms with Gasteiger partial charge in [-0.15, -0.1) is 0 Å². The van der Waals surface area contributed by atoms with E-state index in [0.717, 1.165) is 24.1 Å². The van der Waals surface area contributed by atoms with Crippen molar-refractivity contribution in [2.75, 3.05) is 11.9 Å². The fourth-order valence-electron chi connectivity index (χ4n) is 4.23. The van der Waals surface area contributed by atoms with Gasteiger partial charge in [-0.1, -0.05) is 41.4 Å². The van der Waals surface area contributed by atoms with E-state index in [1.54, 1.807) is 49.1 Å². The van der Waals surface area contributed by atoms with Crippen molar-refractivity contribution in [2.45, 2.75) is 38.5 Å². The Balaban J connectivity index is 0.00000423. The van der Waals surface area contributed by atoms with Gasteiger partial charge in [-0.25, -0.2) is 9.78 Å². The van der Waals surface area contributed by atoms with Gasteiger partial charge in [-0.3, -0.25) is 4.98 Å². The molecule has 0 spiro atoms. The van der Waals surface area contributed by atoms with Gasteiger partial charge in [-0.05, 0) is 66.3 Å². The van der Waals surface area contributed by atoms with Crippen LogP contribution in [0.4, 0.5) is 14.5 Å². The summed E-state index contributed by atoms with van der Waals surface area (Å²) in [5, 5.41) is 3.98. The van der Waals surface area contributed by atoms with E-state index in [-0.39, 0.29) is 23.4 Å². The van der Waals surface area contributed by atoms with Crippen molar-refractivity contribution >= 4 is 34.9 Å². The zero-order chi connectivity index (χ0) is 29.5. The minimum absolute atomic E-state index is 0. The van der Waals surface area contributed by atoms with Gasteiger partial charge in [0.15, 0.2) is 23.9 Å². The van der Waals surface area contributed by atoms with Gasteiger partial charge in [0.1, 0.15) is 16.1 Å². The van der Waals surface area contributed by atoms with Crippen molar-refractivity contribution < 1.29 is 38.2 Å². The molecule has 0 amide bonds. The summed E-state index contributed by atoms with van der Waals surface area (Å²) in [4.78, 5) is 20.3. The van der Waals surface area contributed by atoms with Crippen molar-refractivity contribution in [3.8, 4) is 11.5 Å². The number of alkyl halides is 2. The molecular weight excluding hydrogens is 603 g/mol. The van der Waals surface area contributed by atoms with E-state index < -0.39 is 18.7 Å². The summed E-state index contributed by atoms with van der Waals surface area (Å²) in [7, 11) is 0. The number of halogens is 4. The summed E-state index contributed by atoms with van der Waals surface area (Å²) in [6.07, 6.45) is 7.87. The predicted octanol–water partition coefficient (Wildman–Crippen LogP) is 7.17. The standard InChI is InChI=1S/C31H27Cl2F2N3O4.H2O/c32-25-16-37-17-26(33)24(25)13-28(22-9-10-27(42-31(34)35)29(12-22)40-18-20-3-4-20)41-30(39)21-7-5-19(6-8-21)14-38-23-2-1-11-36-15-23;/h1-2,5-12,15-17,20,28,31,38H,3-4,13-14,18H2;1H2/t28-;/m0./s1. The highest BCUT2D eigenvalue weighted by Gasteiger charge is 2.26. The summed E-state index contributed by atoms with van der Waals surface area (Å²) in [5.74, 6) is -0.151. The zero-order valence-corrected chi connectivity index (χ0v) is 24.3. The van der Waals surface area contributed by atoms with Gasteiger partial charge in [0.2, 0.25) is 0 Å². The van der Waals surface area contributed by atoms with E-state index in [1.807, 2.05) is 24.3 Å². The minimum atomic E-state index is -3.02. The molecule has 0 saturated heterocycles. The lowest BCUT2D eigenvalue weighted by Crippen LogP contribution is -2.16. The lowest BCUT2D eigenvalue weighted by atomic mass is 10.0. The van der Waals surface area contributed by atoms with Gasteiger partial charge in [0, 0.05) is 30.9 Å². The van der Waals surface area contributed by atoms with Crippen LogP contribution in [0.1, 0.15) is 46.0 Å². The van der Waals surface area contributed by atoms with Crippen LogP contribution in [-0.2, 0) is 17.7 Å². The van der Waals surface area contributed by atoms with Crippen LogP contribution < -0.4 is 19.8 Å². The summed E-state index contributed by atoms with van der Waals surface area (Å²) >= 11 is 12.8. The van der Waals surface area contributed by atoms with Crippen molar-refractivity contribution in [2.24, 2.45) is 5.92 Å². The maximum atomic E-state index is 13.3. The molecule has 0 radical (unpaired) electrons. The monoisotopic (exact) mass is 631 g/mol. The summed E-state index contributed by atoms with van der Waals surface area (Å²) in [6.45, 7) is -2.10. The van der Waals surface area contributed by atoms with Crippen LogP contribution in [0, 0.1) is 5.92 Å². The molecule has 1 atom stereocenters. The summed E-state index contributed by atoms with van der Waals surface area (Å²) in [5.41, 5.74) is 3.24. The number of H-pyrrole nitrogens is 1. The molecule has 1 saturated carbocycles. The largest absolute Gasteiger partial charge is 0.870 e. The number of pyridine rings is 2. The topological polar surface area (TPSA) is 114 Å². The number of benzene rings is 2. The number of nitrogens with zero attached hydrogens (tertiary/aromatic N) is 1. The number of aromatic amines is 1. The highest BCUT2D eigenvalue weighted by Crippen LogP contribution is 2.38. The van der Waals surface area contributed by atoms with Crippen LogP contribution in [-0.4, -0.2) is 29.6 Å². The van der Waals surface area contributed by atoms with Crippen LogP contribution in [0.2, 0.25) is 10.0 Å². The highest BCUT2D eigenvalue weighted by atomic mass is 35.5. The molecular formula is C31H29Cl2F2N3O5. The Morgan fingerprint density at radius 2 is 1.79 bits per heavy atom. The van der Waals surface area contributed by atoms with E-state index in [4.69, 9.17) is 32.7 Å². The number of ether oxygens (including phenoxy) is 3. The highest BCUT2D eigenvalue weighted by molar-refractivity contribution is 6.35. The van der Waals surface area contributed by atoms with Crippen LogP contribution in [0.5, 0.6) is 11.5 Å². The first-order valence-electron chi connectivity index (χ1n) is 13.3. The molecule has 1 fully saturated rings. The number of carbonyl (C=O) groups is 1. The quantitative estimate of drug-likeness (QED) is 0.156. The third-order valence-electron chi connectivity index (χ3n) is 6.71. The second-order valence-electron chi connectivity index (χ2n) is 9.86. The normalized spacial score (nSPS) is 13.1. The molecule has 8 nitrogen and oxygen atoms in total. The first kappa shape index (κ1) is 31.9. The zero-order valence-electron chi connectivity index (χ0n) is 22.8. The maximum absolute atomic E-state index is 13.3. The SMILES string of the molecule is O=C(O[C@@H](Cc1c(Cl)c[nH+]cc1Cl)c1ccc(OC(F)F)c(OCC2CC2)c1)c1ccc(CNc2cccnc2)cc1.[OH-]. The molecule has 1 aliphatic rings. The van der Waals surface area contributed by atoms with Gasteiger partial charge in [0.25, 0.3) is 0 Å². The average molecular weight is 632 g/mol. The molecule has 5 rings (SSSR count). The second-order valence-corrected chi connectivity index (χ2v) is 10.7. The van der Waals surface area contributed by atoms with Gasteiger partial charge >= 0.3 is 12.6 Å². The molecule has 0 bridgehead atoms. The van der Waals surface area contributed by atoms with E-state index in [9.17, 15) is 13.6 Å². The Morgan fingerprint density at radius 3 is 2.44 bits per heavy atom. The van der Waals surface area contributed by atoms with Crippen LogP contribution in [0.15, 0.2) is 79.4 Å². The molecule has 0 aliphatic heterocycles. The smallest absolute Gasteiger partial charge is 0.387 e. The van der Waals surface area contributed by atoms with E-state index in [2.05, 4.69) is 20.0 Å². The maximum Gasteiger partial charge on any atom is 0.387 e. The molecule has 12 heteroatoms. The van der Waals surface area contributed by atoms with Gasteiger partial charge in [0.05, 0.1) is 17.9 Å². The first-order chi connectivity index (χ1) is 20.4. The molecule has 3 N–H and O–H groups in total. The molecule has 2 aromatic carbocycles. The Labute approximate surface area is 257 Å². The van der Waals surface area contributed by atoms with Crippen molar-refractivity contribution in [1.29, 1.82) is 0 Å². The lowest BCUT2D eigenvalue weighted by Gasteiger charge is -2.21. The summed E-state index contributed by atoms with van der Waals surface area (Å²) in [6, 6.07) is 15.3. The fraction of sp³-hybridized carbons (Fsp3) is 0.258. The molecule has 4 aromatic rings. The summed E-state index contributed by atoms with van der Waals surface area (Å²) < 4.78 is 42.7. The lowest BCUT2D eigenvalue weighted by molar-refractivity contribution is -0.377. The molecule has 43 heavy (non-hydrogen) atoms. The number of aromatic nitrogens is 2. The van der Waals surface area contributed by atoms with Crippen molar-refractivity contribution in [1.82, 2.24) is 4.98 Å². The first-order valence-corrected chi connectivity index (χ1v) is 14.1. The Kier molecular flexibility index (Phi) is 11.1. The van der Waals surface area contributed by atoms with Crippen molar-refractivity contribution in [3.63, 3.8) is 0 Å². The average Bonchev–Trinajstić information content (AvgIpc) is 3.82. The van der Waals surface area contributed by atoms with Gasteiger partial charge < -0.3 is 25.0 Å². The van der Waals surface area contributed by atoms with Crippen LogP contribution in [0.25, 0.3) is 0 Å². The second kappa shape index (κ2) is 15.0. The molecule has 2 aromatic heterocycles. The number of rotatable bonds is 13. The van der Waals surface area contributed by atoms with Crippen LogP contribution in [0.3, 0.4) is 0 Å². The van der Waals surface area contributed by atoms with Crippen LogP contribution >= 0.6 is 23.2 Å². The number of anilines is 1. The third kappa shape index (κ3) is 9.00. The molecule has 2 heterocycles. The van der Waals surface area contributed by atoms with E-state index in [0.29, 0.717) is 45.8 Å². The minimum Gasteiger partial charge on any atom is -0.870 e. The fourth-order valence-corrected chi connectivity index (χ4v) is 4.77. The number of esters is 1. The molecule has 0 unspecified atom stereocenters. The third-order valence-corrected chi connectivity index (χ3v) is 7.38. The Hall–Kier alpha value is -3.99. The number of hydrogen-bond donors (Lipinski definition) is 1. The van der Waals surface area contributed by atoms with Crippen molar-refractivity contribution in [3.05, 3.63) is 112 Å².